The van der Waals surface area contributed by atoms with Crippen LogP contribution in [0.15, 0.2) is 120 Å². The summed E-state index contributed by atoms with van der Waals surface area (Å²) in [6, 6.07) is 35.3. The van der Waals surface area contributed by atoms with E-state index in [2.05, 4.69) is 84.2 Å². The van der Waals surface area contributed by atoms with Gasteiger partial charge in [-0.1, -0.05) is 102 Å². The Hall–Kier alpha value is -4.05. The first kappa shape index (κ1) is 25.9. The minimum absolute atomic E-state index is 0.265. The van der Waals surface area contributed by atoms with Gasteiger partial charge >= 0.3 is 0 Å². The quantitative estimate of drug-likeness (QED) is 0.161. The van der Waals surface area contributed by atoms with E-state index in [1.165, 1.54) is 16.8 Å². The SMILES string of the molecule is Clc1ccc(COc2ccc3ccccc3c2C=Nc2ccc([C@@H]3Nc4ccccc4[C@@H]4C=CC[C@@H]43)cc2)c(Cl)c1. The zero-order valence-corrected chi connectivity index (χ0v) is 23.8. The average molecular weight is 576 g/mol. The van der Waals surface area contributed by atoms with Gasteiger partial charge in [0, 0.05) is 39.0 Å². The maximum Gasteiger partial charge on any atom is 0.129 e. The molecule has 3 atom stereocenters. The second kappa shape index (κ2) is 11.1. The fraction of sp³-hybridized carbons (Fsp3) is 0.139. The summed E-state index contributed by atoms with van der Waals surface area (Å²) in [4.78, 5) is 4.88. The number of anilines is 1. The van der Waals surface area contributed by atoms with Crippen molar-refractivity contribution in [3.8, 4) is 5.75 Å². The number of nitrogens with zero attached hydrogens (tertiary/aromatic N) is 1. The van der Waals surface area contributed by atoms with Gasteiger partial charge in [-0.3, -0.25) is 4.99 Å². The number of ether oxygens (including phenoxy) is 1. The fourth-order valence-electron chi connectivity index (χ4n) is 6.11. The highest BCUT2D eigenvalue weighted by Crippen LogP contribution is 2.49. The van der Waals surface area contributed by atoms with Crippen molar-refractivity contribution >= 4 is 51.6 Å². The normalized spacial score (nSPS) is 19.2. The molecule has 1 heterocycles. The molecular formula is C36H28Cl2N2O. The number of hydrogen-bond donors (Lipinski definition) is 1. The van der Waals surface area contributed by atoms with Crippen LogP contribution < -0.4 is 10.1 Å². The number of para-hydroxylation sites is 1. The van der Waals surface area contributed by atoms with E-state index in [1.807, 2.05) is 36.5 Å². The van der Waals surface area contributed by atoms with E-state index in [9.17, 15) is 0 Å². The van der Waals surface area contributed by atoms with Crippen LogP contribution >= 0.6 is 23.2 Å². The second-order valence-electron chi connectivity index (χ2n) is 10.6. The van der Waals surface area contributed by atoms with E-state index in [4.69, 9.17) is 32.9 Å². The van der Waals surface area contributed by atoms with Crippen molar-refractivity contribution in [1.29, 1.82) is 0 Å². The molecule has 1 N–H and O–H groups in total. The van der Waals surface area contributed by atoms with Crippen LogP contribution in [0.4, 0.5) is 11.4 Å². The van der Waals surface area contributed by atoms with Crippen LogP contribution in [-0.4, -0.2) is 6.21 Å². The predicted octanol–water partition coefficient (Wildman–Crippen LogP) is 10.3. The molecule has 0 saturated carbocycles. The van der Waals surface area contributed by atoms with Crippen LogP contribution in [0.5, 0.6) is 5.75 Å². The molecule has 1 aliphatic heterocycles. The Kier molecular flexibility index (Phi) is 7.00. The van der Waals surface area contributed by atoms with Crippen molar-refractivity contribution in [3.63, 3.8) is 0 Å². The highest BCUT2D eigenvalue weighted by molar-refractivity contribution is 6.35. The van der Waals surface area contributed by atoms with Gasteiger partial charge in [0.25, 0.3) is 0 Å². The lowest BCUT2D eigenvalue weighted by Crippen LogP contribution is -2.28. The number of hydrogen-bond acceptors (Lipinski definition) is 3. The maximum absolute atomic E-state index is 6.40. The van der Waals surface area contributed by atoms with Crippen molar-refractivity contribution in [2.75, 3.05) is 5.32 Å². The number of nitrogens with one attached hydrogen (secondary N) is 1. The summed E-state index contributed by atoms with van der Waals surface area (Å²) in [6.45, 7) is 0.332. The van der Waals surface area contributed by atoms with Crippen LogP contribution in [0, 0.1) is 5.92 Å². The third kappa shape index (κ3) is 5.12. The molecule has 5 heteroatoms. The lowest BCUT2D eigenvalue weighted by atomic mass is 9.77. The number of allylic oxidation sites excluding steroid dienone is 2. The van der Waals surface area contributed by atoms with E-state index in [1.54, 1.807) is 6.07 Å². The van der Waals surface area contributed by atoms with Gasteiger partial charge in [-0.15, -0.1) is 0 Å². The standard InChI is InChI=1S/C36H28Cl2N2O/c37-26-16-12-25(33(38)20-26)22-41-35-19-15-23-6-1-2-7-28(23)32(35)21-39-27-17-13-24(14-18-27)36-31-10-5-9-29(31)30-8-3-4-11-34(30)40-36/h1-9,11-21,29,31,36,40H,10,22H2/t29-,31-,36-/m0/s1. The van der Waals surface area contributed by atoms with Crippen LogP contribution in [-0.2, 0) is 6.61 Å². The molecule has 41 heavy (non-hydrogen) atoms. The molecule has 2 aliphatic rings. The Morgan fingerprint density at radius 3 is 2.59 bits per heavy atom. The van der Waals surface area contributed by atoms with Crippen molar-refractivity contribution in [2.45, 2.75) is 25.0 Å². The number of halogens is 2. The molecule has 0 spiro atoms. The van der Waals surface area contributed by atoms with Gasteiger partial charge in [-0.2, -0.15) is 0 Å². The van der Waals surface area contributed by atoms with E-state index in [-0.39, 0.29) is 6.04 Å². The summed E-state index contributed by atoms with van der Waals surface area (Å²) in [5.41, 5.74) is 6.62. The van der Waals surface area contributed by atoms with Gasteiger partial charge in [0.1, 0.15) is 12.4 Å². The molecule has 5 aromatic carbocycles. The third-order valence-electron chi connectivity index (χ3n) is 8.20. The lowest BCUT2D eigenvalue weighted by molar-refractivity contribution is 0.306. The molecule has 0 saturated heterocycles. The Bertz CT molecular complexity index is 1790. The van der Waals surface area contributed by atoms with Gasteiger partial charge in [0.05, 0.1) is 11.7 Å². The van der Waals surface area contributed by atoms with Gasteiger partial charge in [0.2, 0.25) is 0 Å². The highest BCUT2D eigenvalue weighted by atomic mass is 35.5. The molecule has 0 aromatic heterocycles. The lowest BCUT2D eigenvalue weighted by Gasteiger charge is -2.37. The third-order valence-corrected chi connectivity index (χ3v) is 8.78. The molecule has 0 unspecified atom stereocenters. The zero-order chi connectivity index (χ0) is 27.8. The number of benzene rings is 5. The van der Waals surface area contributed by atoms with Crippen molar-refractivity contribution in [3.05, 3.63) is 148 Å². The van der Waals surface area contributed by atoms with Gasteiger partial charge < -0.3 is 10.1 Å². The van der Waals surface area contributed by atoms with Crippen LogP contribution in [0.1, 0.15) is 40.6 Å². The largest absolute Gasteiger partial charge is 0.488 e. The first-order chi connectivity index (χ1) is 20.1. The topological polar surface area (TPSA) is 33.6 Å². The smallest absolute Gasteiger partial charge is 0.129 e. The summed E-state index contributed by atoms with van der Waals surface area (Å²) in [5.74, 6) is 1.73. The van der Waals surface area contributed by atoms with E-state index in [0.29, 0.717) is 28.5 Å². The molecular weight excluding hydrogens is 547 g/mol. The summed E-state index contributed by atoms with van der Waals surface area (Å²) >= 11 is 12.5. The summed E-state index contributed by atoms with van der Waals surface area (Å²) in [5, 5.41) is 7.21. The van der Waals surface area contributed by atoms with Crippen LogP contribution in [0.25, 0.3) is 10.8 Å². The minimum atomic E-state index is 0.265. The van der Waals surface area contributed by atoms with Gasteiger partial charge in [-0.05, 0) is 70.6 Å². The predicted molar refractivity (Wildman–Crippen MR) is 171 cm³/mol. The molecule has 0 bridgehead atoms. The summed E-state index contributed by atoms with van der Waals surface area (Å²) < 4.78 is 6.27. The monoisotopic (exact) mass is 574 g/mol. The summed E-state index contributed by atoms with van der Waals surface area (Å²) in [6.07, 6.45) is 7.69. The number of rotatable bonds is 6. The Morgan fingerprint density at radius 1 is 0.878 bits per heavy atom. The van der Waals surface area contributed by atoms with Crippen LogP contribution in [0.3, 0.4) is 0 Å². The highest BCUT2D eigenvalue weighted by Gasteiger charge is 2.37. The summed E-state index contributed by atoms with van der Waals surface area (Å²) in [7, 11) is 0. The molecule has 7 rings (SSSR count). The molecule has 3 nitrogen and oxygen atoms in total. The number of fused-ring (bicyclic) bond motifs is 4. The van der Waals surface area contributed by atoms with Crippen molar-refractivity contribution < 1.29 is 4.74 Å². The zero-order valence-electron chi connectivity index (χ0n) is 22.3. The van der Waals surface area contributed by atoms with E-state index < -0.39 is 0 Å². The fourth-order valence-corrected chi connectivity index (χ4v) is 6.57. The van der Waals surface area contributed by atoms with E-state index >= 15 is 0 Å². The van der Waals surface area contributed by atoms with Crippen LogP contribution in [0.2, 0.25) is 10.0 Å². The Labute approximate surface area is 250 Å². The Balaban J connectivity index is 1.15. The Morgan fingerprint density at radius 2 is 1.71 bits per heavy atom. The molecule has 0 fully saturated rings. The van der Waals surface area contributed by atoms with E-state index in [0.717, 1.165) is 39.8 Å². The average Bonchev–Trinajstić information content (AvgIpc) is 3.50. The van der Waals surface area contributed by atoms with Gasteiger partial charge in [0.15, 0.2) is 0 Å². The van der Waals surface area contributed by atoms with Crippen molar-refractivity contribution in [1.82, 2.24) is 0 Å². The van der Waals surface area contributed by atoms with Gasteiger partial charge in [-0.25, -0.2) is 0 Å². The molecule has 0 amide bonds. The molecule has 5 aromatic rings. The second-order valence-corrected chi connectivity index (χ2v) is 11.5. The number of aliphatic imine (C=N–C) groups is 1. The molecule has 0 radical (unpaired) electrons. The molecule has 1 aliphatic carbocycles. The maximum atomic E-state index is 6.40. The minimum Gasteiger partial charge on any atom is -0.488 e. The first-order valence-electron chi connectivity index (χ1n) is 13.9. The molecule has 202 valence electrons. The van der Waals surface area contributed by atoms with Crippen molar-refractivity contribution in [2.24, 2.45) is 10.9 Å². The first-order valence-corrected chi connectivity index (χ1v) is 14.6.